The molecule has 1 fully saturated rings. The molecule has 1 aliphatic rings. The number of anilines is 1. The van der Waals surface area contributed by atoms with Gasteiger partial charge in [-0.2, -0.15) is 5.10 Å². The number of piperidine rings is 1. The van der Waals surface area contributed by atoms with Gasteiger partial charge >= 0.3 is 5.97 Å². The van der Waals surface area contributed by atoms with Crippen molar-refractivity contribution >= 4 is 41.1 Å². The van der Waals surface area contributed by atoms with Crippen LogP contribution in [0, 0.1) is 0 Å². The van der Waals surface area contributed by atoms with E-state index in [4.69, 9.17) is 16.3 Å². The average Bonchev–Trinajstić information content (AvgIpc) is 3.27. The highest BCUT2D eigenvalue weighted by Crippen LogP contribution is 2.15. The van der Waals surface area contributed by atoms with Crippen LogP contribution >= 0.6 is 11.6 Å². The number of esters is 1. The number of likely N-dealkylation sites (tertiary alicyclic amines) is 1. The number of aromatic nitrogens is 3. The monoisotopic (exact) mass is 547 g/mol. The van der Waals surface area contributed by atoms with Crippen LogP contribution in [0.3, 0.4) is 0 Å². The lowest BCUT2D eigenvalue weighted by Gasteiger charge is -2.34. The van der Waals surface area contributed by atoms with Crippen molar-refractivity contribution in [3.8, 4) is 0 Å². The molecule has 1 saturated heterocycles. The summed E-state index contributed by atoms with van der Waals surface area (Å²) < 4.78 is 6.17. The van der Waals surface area contributed by atoms with Crippen LogP contribution in [0.2, 0.25) is 5.02 Å². The van der Waals surface area contributed by atoms with E-state index in [9.17, 15) is 19.2 Å². The maximum absolute atomic E-state index is 13.2. The average molecular weight is 548 g/mol. The molecule has 206 valence electrons. The molecule has 0 radical (unpaired) electrons. The summed E-state index contributed by atoms with van der Waals surface area (Å²) in [6.07, 6.45) is 2.63. The Bertz CT molecular complexity index is 1140. The summed E-state index contributed by atoms with van der Waals surface area (Å²) in [5.74, 6) is -1.96. The van der Waals surface area contributed by atoms with E-state index in [0.29, 0.717) is 11.1 Å². The number of ether oxygens (including phenoxy) is 1. The molecule has 3 amide bonds. The standard InChI is InChI=1S/C25H34ClN7O5/c1-15(2)32-9-7-18(8-10-32)29-25(37)20-11-19(24(36)28-13-23(35)38-16(3)4)31-33(20)14-22(34)30-21-6-5-17(26)12-27-21/h5-6,11-12,15-16,18H,7-10,13-14H2,1-4H3,(H,28,36)(H,29,37)(H,27,30,34). The van der Waals surface area contributed by atoms with E-state index in [1.165, 1.54) is 18.3 Å². The number of hydrogen-bond donors (Lipinski definition) is 3. The molecule has 0 spiro atoms. The summed E-state index contributed by atoms with van der Waals surface area (Å²) in [6.45, 7) is 8.68. The molecule has 0 saturated carbocycles. The van der Waals surface area contributed by atoms with Gasteiger partial charge in [-0.25, -0.2) is 9.67 Å². The van der Waals surface area contributed by atoms with E-state index in [-0.39, 0.29) is 42.4 Å². The molecular weight excluding hydrogens is 514 g/mol. The summed E-state index contributed by atoms with van der Waals surface area (Å²) in [7, 11) is 0. The number of nitrogens with zero attached hydrogens (tertiary/aromatic N) is 4. The maximum atomic E-state index is 13.2. The first-order valence-corrected chi connectivity index (χ1v) is 12.9. The number of rotatable bonds is 10. The summed E-state index contributed by atoms with van der Waals surface area (Å²) in [5.41, 5.74) is -0.0649. The molecule has 1 aliphatic heterocycles. The second kappa shape index (κ2) is 13.3. The van der Waals surface area contributed by atoms with Gasteiger partial charge in [-0.3, -0.25) is 19.2 Å². The molecule has 3 rings (SSSR count). The fourth-order valence-electron chi connectivity index (χ4n) is 3.97. The quantitative estimate of drug-likeness (QED) is 0.382. The predicted molar refractivity (Wildman–Crippen MR) is 141 cm³/mol. The van der Waals surface area contributed by atoms with Crippen LogP contribution in [0.15, 0.2) is 24.4 Å². The highest BCUT2D eigenvalue weighted by atomic mass is 35.5. The van der Waals surface area contributed by atoms with Crippen molar-refractivity contribution in [1.29, 1.82) is 0 Å². The lowest BCUT2D eigenvalue weighted by atomic mass is 10.0. The van der Waals surface area contributed by atoms with Gasteiger partial charge < -0.3 is 25.6 Å². The first-order chi connectivity index (χ1) is 18.0. The Kier molecular flexibility index (Phi) is 10.2. The molecule has 2 aromatic heterocycles. The van der Waals surface area contributed by atoms with Crippen LogP contribution in [-0.4, -0.2) is 81.2 Å². The van der Waals surface area contributed by atoms with E-state index in [1.54, 1.807) is 19.9 Å². The van der Waals surface area contributed by atoms with Crippen LogP contribution in [0.25, 0.3) is 0 Å². The Morgan fingerprint density at radius 3 is 2.42 bits per heavy atom. The molecule has 0 atom stereocenters. The van der Waals surface area contributed by atoms with Gasteiger partial charge in [-0.05, 0) is 52.7 Å². The molecule has 0 aliphatic carbocycles. The van der Waals surface area contributed by atoms with Gasteiger partial charge in [-0.15, -0.1) is 0 Å². The zero-order valence-corrected chi connectivity index (χ0v) is 22.7. The third kappa shape index (κ3) is 8.52. The summed E-state index contributed by atoms with van der Waals surface area (Å²) >= 11 is 5.84. The molecule has 0 unspecified atom stereocenters. The van der Waals surface area contributed by atoms with Crippen LogP contribution in [-0.2, 0) is 20.9 Å². The van der Waals surface area contributed by atoms with Crippen molar-refractivity contribution in [2.45, 2.75) is 65.3 Å². The molecule has 2 aromatic rings. The van der Waals surface area contributed by atoms with Crippen molar-refractivity contribution in [3.63, 3.8) is 0 Å². The fourth-order valence-corrected chi connectivity index (χ4v) is 4.08. The largest absolute Gasteiger partial charge is 0.462 e. The maximum Gasteiger partial charge on any atom is 0.325 e. The molecule has 13 heteroatoms. The molecule has 0 bridgehead atoms. The summed E-state index contributed by atoms with van der Waals surface area (Å²) in [6, 6.07) is 4.80. The minimum Gasteiger partial charge on any atom is -0.462 e. The van der Waals surface area contributed by atoms with E-state index >= 15 is 0 Å². The number of pyridine rings is 1. The van der Waals surface area contributed by atoms with Crippen molar-refractivity contribution < 1.29 is 23.9 Å². The van der Waals surface area contributed by atoms with Gasteiger partial charge in [0, 0.05) is 37.4 Å². The number of carbonyl (C=O) groups excluding carboxylic acids is 4. The SMILES string of the molecule is CC(C)OC(=O)CNC(=O)c1cc(C(=O)NC2CCN(C(C)C)CC2)n(CC(=O)Nc2ccc(Cl)cn2)n1. The van der Waals surface area contributed by atoms with Gasteiger partial charge in [0.15, 0.2) is 5.69 Å². The van der Waals surface area contributed by atoms with E-state index in [0.717, 1.165) is 30.6 Å². The third-order valence-electron chi connectivity index (χ3n) is 5.89. The fraction of sp³-hybridized carbons (Fsp3) is 0.520. The minimum atomic E-state index is -0.677. The van der Waals surface area contributed by atoms with E-state index < -0.39 is 23.7 Å². The number of amides is 3. The Hall–Kier alpha value is -3.51. The van der Waals surface area contributed by atoms with Gasteiger partial charge in [0.25, 0.3) is 11.8 Å². The second-order valence-corrected chi connectivity index (χ2v) is 10.0. The molecule has 3 N–H and O–H groups in total. The van der Waals surface area contributed by atoms with Gasteiger partial charge in [0.2, 0.25) is 5.91 Å². The first-order valence-electron chi connectivity index (χ1n) is 12.5. The highest BCUT2D eigenvalue weighted by molar-refractivity contribution is 6.30. The van der Waals surface area contributed by atoms with Gasteiger partial charge in [0.1, 0.15) is 24.6 Å². The van der Waals surface area contributed by atoms with Crippen LogP contribution in [0.5, 0.6) is 0 Å². The van der Waals surface area contributed by atoms with Crippen LogP contribution in [0.1, 0.15) is 61.5 Å². The van der Waals surface area contributed by atoms with Crippen molar-refractivity contribution in [2.75, 3.05) is 25.0 Å². The lowest BCUT2D eigenvalue weighted by Crippen LogP contribution is -2.47. The number of hydrogen-bond acceptors (Lipinski definition) is 8. The molecular formula is C25H34ClN7O5. The third-order valence-corrected chi connectivity index (χ3v) is 6.11. The van der Waals surface area contributed by atoms with Gasteiger partial charge in [0.05, 0.1) is 11.1 Å². The Morgan fingerprint density at radius 2 is 1.82 bits per heavy atom. The van der Waals surface area contributed by atoms with E-state index in [1.807, 2.05) is 0 Å². The second-order valence-electron chi connectivity index (χ2n) is 9.58. The van der Waals surface area contributed by atoms with Crippen LogP contribution < -0.4 is 16.0 Å². The van der Waals surface area contributed by atoms with Crippen molar-refractivity contribution in [1.82, 2.24) is 30.3 Å². The first kappa shape index (κ1) is 29.1. The topological polar surface area (TPSA) is 148 Å². The van der Waals surface area contributed by atoms with Gasteiger partial charge in [-0.1, -0.05) is 11.6 Å². The smallest absolute Gasteiger partial charge is 0.325 e. The minimum absolute atomic E-state index is 0.0453. The molecule has 3 heterocycles. The van der Waals surface area contributed by atoms with Crippen molar-refractivity contribution in [2.24, 2.45) is 0 Å². The Morgan fingerprint density at radius 1 is 1.11 bits per heavy atom. The van der Waals surface area contributed by atoms with Crippen LogP contribution in [0.4, 0.5) is 5.82 Å². The zero-order valence-electron chi connectivity index (χ0n) is 22.0. The highest BCUT2D eigenvalue weighted by Gasteiger charge is 2.26. The predicted octanol–water partition coefficient (Wildman–Crippen LogP) is 1.85. The Labute approximate surface area is 226 Å². The number of halogens is 1. The number of nitrogens with one attached hydrogen (secondary N) is 3. The molecule has 12 nitrogen and oxygen atoms in total. The number of carbonyl (C=O) groups is 4. The summed E-state index contributed by atoms with van der Waals surface area (Å²) in [4.78, 5) is 56.7. The van der Waals surface area contributed by atoms with E-state index in [2.05, 4.69) is 44.8 Å². The zero-order chi connectivity index (χ0) is 27.8. The molecule has 0 aromatic carbocycles. The lowest BCUT2D eigenvalue weighted by molar-refractivity contribution is -0.146. The Balaban J connectivity index is 1.72. The molecule has 38 heavy (non-hydrogen) atoms. The van der Waals surface area contributed by atoms with Crippen molar-refractivity contribution in [3.05, 3.63) is 40.8 Å². The summed E-state index contributed by atoms with van der Waals surface area (Å²) in [5, 5.41) is 12.6. The normalized spacial score (nSPS) is 14.4.